The van der Waals surface area contributed by atoms with Gasteiger partial charge in [0.1, 0.15) is 0 Å². The molecule has 5 heteroatoms. The van der Waals surface area contributed by atoms with E-state index in [1.165, 1.54) is 0 Å². The Morgan fingerprint density at radius 3 is 2.95 bits per heavy atom. The maximum absolute atomic E-state index is 11.1. The summed E-state index contributed by atoms with van der Waals surface area (Å²) in [5, 5.41) is 1.64. The second-order valence-corrected chi connectivity index (χ2v) is 5.15. The minimum absolute atomic E-state index is 0.684. The zero-order chi connectivity index (χ0) is 13.9. The van der Waals surface area contributed by atoms with Gasteiger partial charge in [0.15, 0.2) is 6.29 Å². The number of carbonyl (C=O) groups is 1. The van der Waals surface area contributed by atoms with E-state index in [0.29, 0.717) is 10.6 Å². The van der Waals surface area contributed by atoms with Crippen LogP contribution >= 0.6 is 11.6 Å². The third-order valence-corrected chi connectivity index (χ3v) is 3.61. The van der Waals surface area contributed by atoms with Crippen LogP contribution in [0.3, 0.4) is 0 Å². The molecule has 0 atom stereocenters. The molecule has 0 spiro atoms. The van der Waals surface area contributed by atoms with Crippen LogP contribution in [-0.2, 0) is 13.1 Å². The molecule has 2 heterocycles. The maximum atomic E-state index is 11.1. The number of rotatable bonds is 5. The lowest BCUT2D eigenvalue weighted by molar-refractivity contribution is 0.112. The van der Waals surface area contributed by atoms with Crippen molar-refractivity contribution in [2.75, 3.05) is 0 Å². The topological polar surface area (TPSA) is 39.8 Å². The highest BCUT2D eigenvalue weighted by atomic mass is 35.5. The first-order valence-corrected chi connectivity index (χ1v) is 6.85. The van der Waals surface area contributed by atoms with E-state index in [9.17, 15) is 4.79 Å². The zero-order valence-electron chi connectivity index (χ0n) is 10.9. The van der Waals surface area contributed by atoms with E-state index >= 15 is 0 Å². The van der Waals surface area contributed by atoms with Gasteiger partial charge in [-0.05, 0) is 18.6 Å². The van der Waals surface area contributed by atoms with Gasteiger partial charge in [-0.3, -0.25) is 4.79 Å². The Balaban J connectivity index is 1.83. The summed E-state index contributed by atoms with van der Waals surface area (Å²) in [5.41, 5.74) is 1.71. The molecule has 0 aliphatic heterocycles. The van der Waals surface area contributed by atoms with Crippen LogP contribution in [-0.4, -0.2) is 20.4 Å². The summed E-state index contributed by atoms with van der Waals surface area (Å²) in [5.74, 6) is 0. The van der Waals surface area contributed by atoms with Gasteiger partial charge in [0, 0.05) is 47.7 Å². The van der Waals surface area contributed by atoms with Crippen molar-refractivity contribution in [3.8, 4) is 0 Å². The molecule has 2 aromatic heterocycles. The average Bonchev–Trinajstić information content (AvgIpc) is 3.07. The molecule has 3 rings (SSSR count). The largest absolute Gasteiger partial charge is 0.347 e. The average molecular weight is 288 g/mol. The third-order valence-electron chi connectivity index (χ3n) is 3.38. The Hall–Kier alpha value is -2.07. The van der Waals surface area contributed by atoms with Gasteiger partial charge >= 0.3 is 0 Å². The molecule has 4 nitrogen and oxygen atoms in total. The van der Waals surface area contributed by atoms with Crippen LogP contribution < -0.4 is 0 Å². The van der Waals surface area contributed by atoms with Crippen LogP contribution in [0.25, 0.3) is 10.9 Å². The minimum Gasteiger partial charge on any atom is -0.347 e. The van der Waals surface area contributed by atoms with Gasteiger partial charge in [-0.2, -0.15) is 0 Å². The van der Waals surface area contributed by atoms with E-state index in [1.807, 2.05) is 41.5 Å². The van der Waals surface area contributed by atoms with Gasteiger partial charge in [-0.25, -0.2) is 4.98 Å². The Labute approximate surface area is 121 Å². The Bertz CT molecular complexity index is 731. The molecule has 0 aliphatic rings. The van der Waals surface area contributed by atoms with Gasteiger partial charge in [-0.15, -0.1) is 0 Å². The predicted molar refractivity (Wildman–Crippen MR) is 79.2 cm³/mol. The zero-order valence-corrected chi connectivity index (χ0v) is 11.6. The summed E-state index contributed by atoms with van der Waals surface area (Å²) in [6.45, 7) is 1.74. The standard InChI is InChI=1S/C15H14ClN3O/c16-13-2-3-14-12(10-20)9-19(15(14)8-13)6-1-5-18-7-4-17-11-18/h2-4,7-11H,1,5-6H2. The molecular weight excluding hydrogens is 274 g/mol. The normalized spacial score (nSPS) is 11.1. The highest BCUT2D eigenvalue weighted by molar-refractivity contribution is 6.31. The summed E-state index contributed by atoms with van der Waals surface area (Å²) in [7, 11) is 0. The first kappa shape index (κ1) is 12.9. The molecule has 0 bridgehead atoms. The van der Waals surface area contributed by atoms with Crippen LogP contribution in [0.4, 0.5) is 0 Å². The van der Waals surface area contributed by atoms with Crippen LogP contribution in [0.2, 0.25) is 5.02 Å². The highest BCUT2D eigenvalue weighted by Crippen LogP contribution is 2.24. The quantitative estimate of drug-likeness (QED) is 0.675. The van der Waals surface area contributed by atoms with Gasteiger partial charge in [0.25, 0.3) is 0 Å². The minimum atomic E-state index is 0.684. The van der Waals surface area contributed by atoms with Gasteiger partial charge < -0.3 is 9.13 Å². The van der Waals surface area contributed by atoms with Crippen molar-refractivity contribution >= 4 is 28.8 Å². The van der Waals surface area contributed by atoms with Crippen molar-refractivity contribution in [1.82, 2.24) is 14.1 Å². The first-order valence-electron chi connectivity index (χ1n) is 6.47. The highest BCUT2D eigenvalue weighted by Gasteiger charge is 2.08. The van der Waals surface area contributed by atoms with Crippen molar-refractivity contribution in [3.63, 3.8) is 0 Å². The summed E-state index contributed by atoms with van der Waals surface area (Å²) in [6, 6.07) is 5.61. The first-order chi connectivity index (χ1) is 9.78. The lowest BCUT2D eigenvalue weighted by atomic mass is 10.2. The number of hydrogen-bond acceptors (Lipinski definition) is 2. The molecule has 0 fully saturated rings. The summed E-state index contributed by atoms with van der Waals surface area (Å²) >= 11 is 6.04. The fraction of sp³-hybridized carbons (Fsp3) is 0.200. The number of aromatic nitrogens is 3. The lowest BCUT2D eigenvalue weighted by Crippen LogP contribution is -2.01. The molecular formula is C15H14ClN3O. The molecule has 20 heavy (non-hydrogen) atoms. The van der Waals surface area contributed by atoms with Crippen LogP contribution in [0.5, 0.6) is 0 Å². The molecule has 0 unspecified atom stereocenters. The number of imidazole rings is 1. The number of aldehydes is 1. The third kappa shape index (κ3) is 2.47. The molecule has 3 aromatic rings. The Morgan fingerprint density at radius 1 is 1.30 bits per heavy atom. The second kappa shape index (κ2) is 5.51. The lowest BCUT2D eigenvalue weighted by Gasteiger charge is -2.06. The fourth-order valence-electron chi connectivity index (χ4n) is 2.42. The van der Waals surface area contributed by atoms with Crippen molar-refractivity contribution < 1.29 is 4.79 Å². The molecule has 0 aliphatic carbocycles. The number of hydrogen-bond donors (Lipinski definition) is 0. The van der Waals surface area contributed by atoms with Gasteiger partial charge in [-0.1, -0.05) is 17.7 Å². The second-order valence-electron chi connectivity index (χ2n) is 4.71. The SMILES string of the molecule is O=Cc1cn(CCCn2ccnc2)c2cc(Cl)ccc12. The summed E-state index contributed by atoms with van der Waals surface area (Å²) in [4.78, 5) is 15.1. The molecule has 1 aromatic carbocycles. The van der Waals surface area contributed by atoms with Crippen molar-refractivity contribution in [1.29, 1.82) is 0 Å². The molecule has 0 amide bonds. The maximum Gasteiger partial charge on any atom is 0.152 e. The number of halogens is 1. The number of aryl methyl sites for hydroxylation is 2. The molecule has 0 N–H and O–H groups in total. The fourth-order valence-corrected chi connectivity index (χ4v) is 2.58. The number of fused-ring (bicyclic) bond motifs is 1. The molecule has 0 saturated carbocycles. The van der Waals surface area contributed by atoms with E-state index in [0.717, 1.165) is 36.7 Å². The van der Waals surface area contributed by atoms with E-state index < -0.39 is 0 Å². The van der Waals surface area contributed by atoms with Gasteiger partial charge in [0.05, 0.1) is 11.8 Å². The van der Waals surface area contributed by atoms with Crippen molar-refractivity contribution in [2.45, 2.75) is 19.5 Å². The smallest absolute Gasteiger partial charge is 0.152 e. The summed E-state index contributed by atoms with van der Waals surface area (Å²) in [6.07, 6.45) is 9.27. The van der Waals surface area contributed by atoms with Crippen LogP contribution in [0.15, 0.2) is 43.1 Å². The van der Waals surface area contributed by atoms with E-state index in [1.54, 1.807) is 6.20 Å². The number of benzene rings is 1. The predicted octanol–water partition coefficient (Wildman–Crippen LogP) is 3.39. The monoisotopic (exact) mass is 287 g/mol. The molecule has 102 valence electrons. The van der Waals surface area contributed by atoms with Crippen molar-refractivity contribution in [3.05, 3.63) is 53.7 Å². The molecule has 0 saturated heterocycles. The Morgan fingerprint density at radius 2 is 2.20 bits per heavy atom. The van der Waals surface area contributed by atoms with Crippen LogP contribution in [0, 0.1) is 0 Å². The molecule has 0 radical (unpaired) electrons. The van der Waals surface area contributed by atoms with E-state index in [4.69, 9.17) is 11.6 Å². The number of carbonyl (C=O) groups excluding carboxylic acids is 1. The van der Waals surface area contributed by atoms with Crippen molar-refractivity contribution in [2.24, 2.45) is 0 Å². The van der Waals surface area contributed by atoms with Gasteiger partial charge in [0.2, 0.25) is 0 Å². The summed E-state index contributed by atoms with van der Waals surface area (Å²) < 4.78 is 4.13. The van der Waals surface area contributed by atoms with E-state index in [2.05, 4.69) is 9.55 Å². The van der Waals surface area contributed by atoms with E-state index in [-0.39, 0.29) is 0 Å². The number of nitrogens with zero attached hydrogens (tertiary/aromatic N) is 3. The van der Waals surface area contributed by atoms with Crippen LogP contribution in [0.1, 0.15) is 16.8 Å². The Kier molecular flexibility index (Phi) is 3.56.